The Labute approximate surface area is 127 Å². The van der Waals surface area contributed by atoms with Crippen LogP contribution in [-0.2, 0) is 11.3 Å². The van der Waals surface area contributed by atoms with Gasteiger partial charge in [0.2, 0.25) is 0 Å². The van der Waals surface area contributed by atoms with Gasteiger partial charge in [0.05, 0.1) is 6.61 Å². The summed E-state index contributed by atoms with van der Waals surface area (Å²) in [6, 6.07) is 4.45. The summed E-state index contributed by atoms with van der Waals surface area (Å²) in [7, 11) is 0. The van der Waals surface area contributed by atoms with Gasteiger partial charge in [-0.15, -0.1) is 0 Å². The average Bonchev–Trinajstić information content (AvgIpc) is 2.51. The lowest BCUT2D eigenvalue weighted by atomic mass is 9.72. The van der Waals surface area contributed by atoms with Crippen molar-refractivity contribution in [3.8, 4) is 0 Å². The highest BCUT2D eigenvalue weighted by Crippen LogP contribution is 2.41. The molecule has 3 heterocycles. The number of aromatic nitrogens is 1. The van der Waals surface area contributed by atoms with E-state index in [2.05, 4.69) is 22.9 Å². The smallest absolute Gasteiger partial charge is 0.0587 e. The number of rotatable bonds is 3. The van der Waals surface area contributed by atoms with Crippen LogP contribution in [0.4, 0.5) is 0 Å². The molecule has 2 aliphatic rings. The summed E-state index contributed by atoms with van der Waals surface area (Å²) >= 11 is 0. The maximum absolute atomic E-state index is 9.71. The van der Waals surface area contributed by atoms with Crippen LogP contribution in [0.1, 0.15) is 36.9 Å². The van der Waals surface area contributed by atoms with Crippen molar-refractivity contribution < 1.29 is 9.84 Å². The minimum Gasteiger partial charge on any atom is -0.395 e. The van der Waals surface area contributed by atoms with Gasteiger partial charge in [-0.25, -0.2) is 0 Å². The third kappa shape index (κ3) is 3.28. The average molecular weight is 290 g/mol. The van der Waals surface area contributed by atoms with Crippen LogP contribution in [0.25, 0.3) is 0 Å². The van der Waals surface area contributed by atoms with E-state index in [4.69, 9.17) is 4.74 Å². The van der Waals surface area contributed by atoms with Gasteiger partial charge >= 0.3 is 0 Å². The third-order valence-corrected chi connectivity index (χ3v) is 5.32. The minimum absolute atomic E-state index is 0.256. The molecule has 4 nitrogen and oxygen atoms in total. The van der Waals surface area contributed by atoms with Crippen LogP contribution >= 0.6 is 0 Å². The molecule has 2 fully saturated rings. The predicted octanol–water partition coefficient (Wildman–Crippen LogP) is 2.14. The van der Waals surface area contributed by atoms with E-state index in [1.807, 2.05) is 12.3 Å². The van der Waals surface area contributed by atoms with Gasteiger partial charge in [-0.05, 0) is 49.7 Å². The maximum Gasteiger partial charge on any atom is 0.0587 e. The highest BCUT2D eigenvalue weighted by Gasteiger charge is 2.40. The number of pyridine rings is 1. The first-order chi connectivity index (χ1) is 10.2. The first-order valence-corrected chi connectivity index (χ1v) is 8.06. The van der Waals surface area contributed by atoms with Crippen molar-refractivity contribution in [3.05, 3.63) is 29.6 Å². The first kappa shape index (κ1) is 14.9. The van der Waals surface area contributed by atoms with Gasteiger partial charge in [0.1, 0.15) is 0 Å². The Kier molecular flexibility index (Phi) is 4.57. The molecule has 1 spiro atoms. The second-order valence-corrected chi connectivity index (χ2v) is 6.64. The van der Waals surface area contributed by atoms with Crippen LogP contribution in [-0.4, -0.2) is 47.4 Å². The van der Waals surface area contributed by atoms with E-state index in [1.165, 1.54) is 12.0 Å². The van der Waals surface area contributed by atoms with Crippen molar-refractivity contribution in [1.29, 1.82) is 0 Å². The Morgan fingerprint density at radius 1 is 1.38 bits per heavy atom. The molecule has 0 bridgehead atoms. The van der Waals surface area contributed by atoms with Gasteiger partial charge in [-0.1, -0.05) is 6.07 Å². The summed E-state index contributed by atoms with van der Waals surface area (Å²) in [5, 5.41) is 9.71. The van der Waals surface area contributed by atoms with Gasteiger partial charge in [-0.2, -0.15) is 0 Å². The number of piperidine rings is 1. The second-order valence-electron chi connectivity index (χ2n) is 6.64. The molecule has 1 N–H and O–H groups in total. The van der Waals surface area contributed by atoms with Crippen LogP contribution in [0.3, 0.4) is 0 Å². The normalized spacial score (nSPS) is 26.1. The largest absolute Gasteiger partial charge is 0.395 e. The van der Waals surface area contributed by atoms with E-state index in [-0.39, 0.29) is 12.6 Å². The Hall–Kier alpha value is -0.970. The molecular formula is C17H26N2O2. The fourth-order valence-electron chi connectivity index (χ4n) is 3.80. The fourth-order valence-corrected chi connectivity index (χ4v) is 3.80. The quantitative estimate of drug-likeness (QED) is 0.926. The Morgan fingerprint density at radius 2 is 2.19 bits per heavy atom. The monoisotopic (exact) mass is 290 g/mol. The maximum atomic E-state index is 9.71. The number of aryl methyl sites for hydroxylation is 1. The van der Waals surface area contributed by atoms with Gasteiger partial charge in [-0.3, -0.25) is 9.88 Å². The molecule has 1 atom stereocenters. The summed E-state index contributed by atoms with van der Waals surface area (Å²) in [4.78, 5) is 6.86. The number of aliphatic hydroxyl groups excluding tert-OH is 1. The summed E-state index contributed by atoms with van der Waals surface area (Å²) < 4.78 is 5.54. The lowest BCUT2D eigenvalue weighted by Crippen LogP contribution is -2.51. The second kappa shape index (κ2) is 6.42. The predicted molar refractivity (Wildman–Crippen MR) is 82.0 cm³/mol. The molecule has 2 aliphatic heterocycles. The van der Waals surface area contributed by atoms with E-state index in [9.17, 15) is 5.11 Å². The molecule has 4 heteroatoms. The number of aliphatic hydroxyl groups is 1. The zero-order valence-electron chi connectivity index (χ0n) is 12.9. The van der Waals surface area contributed by atoms with Crippen LogP contribution in [0, 0.1) is 12.3 Å². The molecule has 3 rings (SSSR count). The van der Waals surface area contributed by atoms with Crippen molar-refractivity contribution in [2.24, 2.45) is 5.41 Å². The summed E-state index contributed by atoms with van der Waals surface area (Å²) in [6.45, 7) is 6.08. The van der Waals surface area contributed by atoms with Crippen molar-refractivity contribution in [2.75, 3.05) is 26.4 Å². The Morgan fingerprint density at radius 3 is 2.90 bits per heavy atom. The Bertz CT molecular complexity index is 472. The number of nitrogens with zero attached hydrogens (tertiary/aromatic N) is 2. The fraction of sp³-hybridized carbons (Fsp3) is 0.706. The molecule has 0 amide bonds. The standard InChI is InChI=1S/C17H26N2O2/c1-14-15(3-2-8-18-14)11-19-13-17(5-4-16(19)12-20)6-9-21-10-7-17/h2-3,8,16,20H,4-7,9-13H2,1H3. The van der Waals surface area contributed by atoms with Gasteiger partial charge in [0.15, 0.2) is 0 Å². The SMILES string of the molecule is Cc1ncccc1CN1CC2(CCOCC2)CCC1CO. The third-order valence-electron chi connectivity index (χ3n) is 5.32. The molecule has 116 valence electrons. The van der Waals surface area contributed by atoms with Gasteiger partial charge in [0.25, 0.3) is 0 Å². The molecular weight excluding hydrogens is 264 g/mol. The lowest BCUT2D eigenvalue weighted by Gasteiger charge is -2.48. The van der Waals surface area contributed by atoms with E-state index in [0.717, 1.165) is 51.3 Å². The number of hydrogen-bond donors (Lipinski definition) is 1. The van der Waals surface area contributed by atoms with Gasteiger partial charge < -0.3 is 9.84 Å². The highest BCUT2D eigenvalue weighted by atomic mass is 16.5. The van der Waals surface area contributed by atoms with E-state index in [0.29, 0.717) is 5.41 Å². The molecule has 0 saturated carbocycles. The van der Waals surface area contributed by atoms with E-state index >= 15 is 0 Å². The van der Waals surface area contributed by atoms with Crippen molar-refractivity contribution in [3.63, 3.8) is 0 Å². The van der Waals surface area contributed by atoms with E-state index in [1.54, 1.807) is 0 Å². The number of likely N-dealkylation sites (tertiary alicyclic amines) is 1. The van der Waals surface area contributed by atoms with Crippen LogP contribution in [0.15, 0.2) is 18.3 Å². The van der Waals surface area contributed by atoms with E-state index < -0.39 is 0 Å². The summed E-state index contributed by atoms with van der Waals surface area (Å²) in [5.74, 6) is 0. The zero-order valence-corrected chi connectivity index (χ0v) is 12.9. The summed E-state index contributed by atoms with van der Waals surface area (Å²) in [5.41, 5.74) is 2.78. The lowest BCUT2D eigenvalue weighted by molar-refractivity contribution is -0.0550. The minimum atomic E-state index is 0.256. The molecule has 0 aliphatic carbocycles. The molecule has 0 aromatic carbocycles. The molecule has 1 unspecified atom stereocenters. The molecule has 2 saturated heterocycles. The van der Waals surface area contributed by atoms with Crippen molar-refractivity contribution >= 4 is 0 Å². The Balaban J connectivity index is 1.75. The van der Waals surface area contributed by atoms with Crippen LogP contribution < -0.4 is 0 Å². The molecule has 1 aromatic heterocycles. The summed E-state index contributed by atoms with van der Waals surface area (Å²) in [6.07, 6.45) is 6.49. The van der Waals surface area contributed by atoms with Crippen molar-refractivity contribution in [2.45, 2.75) is 45.2 Å². The molecule has 21 heavy (non-hydrogen) atoms. The topological polar surface area (TPSA) is 45.6 Å². The number of ether oxygens (including phenoxy) is 1. The molecule has 0 radical (unpaired) electrons. The van der Waals surface area contributed by atoms with Crippen LogP contribution in [0.2, 0.25) is 0 Å². The van der Waals surface area contributed by atoms with Gasteiger partial charge in [0, 0.05) is 44.2 Å². The highest BCUT2D eigenvalue weighted by molar-refractivity contribution is 5.18. The van der Waals surface area contributed by atoms with Crippen LogP contribution in [0.5, 0.6) is 0 Å². The first-order valence-electron chi connectivity index (χ1n) is 8.06. The molecule has 1 aromatic rings. The van der Waals surface area contributed by atoms with Crippen molar-refractivity contribution in [1.82, 2.24) is 9.88 Å². The number of hydrogen-bond acceptors (Lipinski definition) is 4. The zero-order chi connectivity index (χ0) is 14.7.